The molecule has 2 aromatic carbocycles. The van der Waals surface area contributed by atoms with Crippen LogP contribution in [-0.4, -0.2) is 10.9 Å². The average molecular weight is 306 g/mol. The molecule has 0 unspecified atom stereocenters. The van der Waals surface area contributed by atoms with E-state index in [2.05, 4.69) is 0 Å². The van der Waals surface area contributed by atoms with Gasteiger partial charge in [-0.3, -0.25) is 4.79 Å². The highest BCUT2D eigenvalue weighted by Gasteiger charge is 2.13. The molecule has 0 amide bonds. The summed E-state index contributed by atoms with van der Waals surface area (Å²) in [5.41, 5.74) is 1.34. The number of rotatable bonds is 3. The van der Waals surface area contributed by atoms with Crippen molar-refractivity contribution < 1.29 is 13.6 Å². The van der Waals surface area contributed by atoms with Crippen LogP contribution in [0.5, 0.6) is 0 Å². The third-order valence-corrected chi connectivity index (χ3v) is 3.75. The first-order valence-electron chi connectivity index (χ1n) is 6.26. The normalized spacial score (nSPS) is 11.0. The van der Waals surface area contributed by atoms with E-state index in [1.54, 1.807) is 22.9 Å². The van der Waals surface area contributed by atoms with Crippen molar-refractivity contribution in [3.05, 3.63) is 70.4 Å². The second-order valence-corrected chi connectivity index (χ2v) is 5.10. The van der Waals surface area contributed by atoms with Gasteiger partial charge in [-0.25, -0.2) is 8.78 Å². The molecule has 21 heavy (non-hydrogen) atoms. The van der Waals surface area contributed by atoms with Crippen LogP contribution < -0.4 is 0 Å². The van der Waals surface area contributed by atoms with Gasteiger partial charge in [-0.15, -0.1) is 0 Å². The largest absolute Gasteiger partial charge is 0.342 e. The van der Waals surface area contributed by atoms with Crippen LogP contribution in [0.4, 0.5) is 8.78 Å². The maximum Gasteiger partial charge on any atom is 0.152 e. The summed E-state index contributed by atoms with van der Waals surface area (Å²) in [6, 6.07) is 8.61. The van der Waals surface area contributed by atoms with E-state index in [1.807, 2.05) is 0 Å². The SMILES string of the molecule is O=Cc1cn(Cc2c(F)cccc2Cl)c2ccc(F)cc12. The highest BCUT2D eigenvalue weighted by molar-refractivity contribution is 6.31. The lowest BCUT2D eigenvalue weighted by molar-refractivity contribution is 0.112. The molecular weight excluding hydrogens is 296 g/mol. The van der Waals surface area contributed by atoms with E-state index in [0.29, 0.717) is 33.3 Å². The maximum atomic E-state index is 13.9. The lowest BCUT2D eigenvalue weighted by atomic mass is 10.2. The van der Waals surface area contributed by atoms with E-state index >= 15 is 0 Å². The first-order valence-corrected chi connectivity index (χ1v) is 6.64. The Labute approximate surface area is 124 Å². The Morgan fingerprint density at radius 1 is 1.19 bits per heavy atom. The van der Waals surface area contributed by atoms with E-state index in [0.717, 1.165) is 0 Å². The number of nitrogens with zero attached hydrogens (tertiary/aromatic N) is 1. The number of carbonyl (C=O) groups excluding carboxylic acids is 1. The van der Waals surface area contributed by atoms with E-state index in [4.69, 9.17) is 11.6 Å². The lowest BCUT2D eigenvalue weighted by Gasteiger charge is -2.08. The second-order valence-electron chi connectivity index (χ2n) is 4.69. The third-order valence-electron chi connectivity index (χ3n) is 3.39. The van der Waals surface area contributed by atoms with Crippen LogP contribution in [0, 0.1) is 11.6 Å². The molecule has 0 fully saturated rings. The Kier molecular flexibility index (Phi) is 3.47. The monoisotopic (exact) mass is 305 g/mol. The first-order chi connectivity index (χ1) is 10.1. The summed E-state index contributed by atoms with van der Waals surface area (Å²) in [6.45, 7) is 0.168. The fourth-order valence-corrected chi connectivity index (χ4v) is 2.60. The summed E-state index contributed by atoms with van der Waals surface area (Å²) in [5.74, 6) is -0.841. The summed E-state index contributed by atoms with van der Waals surface area (Å²) < 4.78 is 28.9. The average Bonchev–Trinajstić information content (AvgIpc) is 2.80. The minimum atomic E-state index is -0.424. The summed E-state index contributed by atoms with van der Waals surface area (Å²) in [7, 11) is 0. The molecule has 3 rings (SSSR count). The minimum Gasteiger partial charge on any atom is -0.342 e. The van der Waals surface area contributed by atoms with Crippen LogP contribution in [-0.2, 0) is 6.54 Å². The Morgan fingerprint density at radius 3 is 2.71 bits per heavy atom. The molecule has 1 heterocycles. The standard InChI is InChI=1S/C16H10ClF2NO/c17-14-2-1-3-15(19)13(14)8-20-7-10(9-21)12-6-11(18)4-5-16(12)20/h1-7,9H,8H2. The van der Waals surface area contributed by atoms with Gasteiger partial charge in [0.1, 0.15) is 11.6 Å². The van der Waals surface area contributed by atoms with Gasteiger partial charge in [-0.05, 0) is 30.3 Å². The predicted molar refractivity (Wildman–Crippen MR) is 77.8 cm³/mol. The van der Waals surface area contributed by atoms with Crippen molar-refractivity contribution in [2.45, 2.75) is 6.54 Å². The quantitative estimate of drug-likeness (QED) is 0.656. The molecule has 0 aliphatic heterocycles. The highest BCUT2D eigenvalue weighted by atomic mass is 35.5. The zero-order valence-electron chi connectivity index (χ0n) is 10.8. The van der Waals surface area contributed by atoms with E-state index in [1.165, 1.54) is 24.3 Å². The first kappa shape index (κ1) is 13.8. The molecule has 0 N–H and O–H groups in total. The minimum absolute atomic E-state index is 0.168. The molecule has 0 bridgehead atoms. The topological polar surface area (TPSA) is 22.0 Å². The van der Waals surface area contributed by atoms with Crippen molar-refractivity contribution in [2.75, 3.05) is 0 Å². The number of halogens is 3. The molecule has 1 aromatic heterocycles. The molecule has 0 aliphatic carbocycles. The van der Waals surface area contributed by atoms with Crippen LogP contribution in [0.1, 0.15) is 15.9 Å². The number of hydrogen-bond donors (Lipinski definition) is 0. The molecule has 0 radical (unpaired) electrons. The van der Waals surface area contributed by atoms with Crippen LogP contribution in [0.2, 0.25) is 5.02 Å². The fourth-order valence-electron chi connectivity index (χ4n) is 2.38. The molecule has 0 saturated carbocycles. The van der Waals surface area contributed by atoms with Crippen LogP contribution in [0.25, 0.3) is 10.9 Å². The fraction of sp³-hybridized carbons (Fsp3) is 0.0625. The third kappa shape index (κ3) is 2.43. The molecule has 2 nitrogen and oxygen atoms in total. The second kappa shape index (κ2) is 5.30. The molecule has 5 heteroatoms. The van der Waals surface area contributed by atoms with Crippen molar-refractivity contribution in [3.63, 3.8) is 0 Å². The number of carbonyl (C=O) groups is 1. The van der Waals surface area contributed by atoms with Crippen molar-refractivity contribution in [1.82, 2.24) is 4.57 Å². The molecular formula is C16H10ClF2NO. The van der Waals surface area contributed by atoms with Crippen LogP contribution in [0.15, 0.2) is 42.6 Å². The van der Waals surface area contributed by atoms with E-state index < -0.39 is 11.6 Å². The number of aromatic nitrogens is 1. The summed E-state index contributed by atoms with van der Waals surface area (Å²) >= 11 is 6.01. The number of aldehydes is 1. The van der Waals surface area contributed by atoms with Crippen molar-refractivity contribution in [1.29, 1.82) is 0 Å². The van der Waals surface area contributed by atoms with Gasteiger partial charge < -0.3 is 4.57 Å². The van der Waals surface area contributed by atoms with Crippen molar-refractivity contribution in [2.24, 2.45) is 0 Å². The van der Waals surface area contributed by atoms with Gasteiger partial charge in [0.2, 0.25) is 0 Å². The Balaban J connectivity index is 2.15. The van der Waals surface area contributed by atoms with E-state index in [-0.39, 0.29) is 6.54 Å². The van der Waals surface area contributed by atoms with Gasteiger partial charge >= 0.3 is 0 Å². The molecule has 0 spiro atoms. The van der Waals surface area contributed by atoms with E-state index in [9.17, 15) is 13.6 Å². The van der Waals surface area contributed by atoms with Crippen LogP contribution in [0.3, 0.4) is 0 Å². The zero-order chi connectivity index (χ0) is 15.0. The summed E-state index contributed by atoms with van der Waals surface area (Å²) in [4.78, 5) is 11.1. The number of benzene rings is 2. The van der Waals surface area contributed by atoms with Gasteiger partial charge in [0.15, 0.2) is 6.29 Å². The Morgan fingerprint density at radius 2 is 2.00 bits per heavy atom. The summed E-state index contributed by atoms with van der Waals surface area (Å²) in [5, 5.41) is 0.809. The molecule has 0 aliphatic rings. The van der Waals surface area contributed by atoms with Crippen molar-refractivity contribution >= 4 is 28.8 Å². The van der Waals surface area contributed by atoms with Gasteiger partial charge in [0.25, 0.3) is 0 Å². The lowest BCUT2D eigenvalue weighted by Crippen LogP contribution is -2.01. The number of fused-ring (bicyclic) bond motifs is 1. The Bertz CT molecular complexity index is 821. The highest BCUT2D eigenvalue weighted by Crippen LogP contribution is 2.25. The van der Waals surface area contributed by atoms with Crippen LogP contribution >= 0.6 is 11.6 Å². The van der Waals surface area contributed by atoms with Gasteiger partial charge in [-0.2, -0.15) is 0 Å². The Hall–Kier alpha value is -2.20. The zero-order valence-corrected chi connectivity index (χ0v) is 11.6. The van der Waals surface area contributed by atoms with Gasteiger partial charge in [0.05, 0.1) is 6.54 Å². The smallest absolute Gasteiger partial charge is 0.152 e. The summed E-state index contributed by atoms with van der Waals surface area (Å²) in [6.07, 6.45) is 2.22. The molecule has 3 aromatic rings. The maximum absolute atomic E-state index is 13.9. The van der Waals surface area contributed by atoms with Gasteiger partial charge in [-0.1, -0.05) is 17.7 Å². The molecule has 0 atom stereocenters. The number of hydrogen-bond acceptors (Lipinski definition) is 1. The van der Waals surface area contributed by atoms with Gasteiger partial charge in [0, 0.05) is 33.2 Å². The molecule has 0 saturated heterocycles. The molecule has 106 valence electrons. The van der Waals surface area contributed by atoms with Crippen molar-refractivity contribution in [3.8, 4) is 0 Å². The predicted octanol–water partition coefficient (Wildman–Crippen LogP) is 4.43.